The molecule has 0 unspecified atom stereocenters. The fourth-order valence-corrected chi connectivity index (χ4v) is 5.66. The van der Waals surface area contributed by atoms with E-state index in [1.807, 2.05) is 37.3 Å². The Morgan fingerprint density at radius 2 is 1.79 bits per heavy atom. The fraction of sp³-hybridized carbons (Fsp3) is 0.0952. The minimum absolute atomic E-state index is 0.263. The molecule has 4 rings (SSSR count). The molecule has 142 valence electrons. The molecule has 0 saturated heterocycles. The molecule has 1 heterocycles. The van der Waals surface area contributed by atoms with Gasteiger partial charge in [-0.05, 0) is 61.4 Å². The Morgan fingerprint density at radius 1 is 1.00 bits per heavy atom. The van der Waals surface area contributed by atoms with Gasteiger partial charge in [-0.3, -0.25) is 4.72 Å². The van der Waals surface area contributed by atoms with Crippen LogP contribution >= 0.6 is 22.9 Å². The van der Waals surface area contributed by atoms with Crippen molar-refractivity contribution in [2.75, 3.05) is 4.72 Å². The maximum Gasteiger partial charge on any atom is 0.262 e. The number of aryl methyl sites for hydroxylation is 2. The number of thiazole rings is 1. The number of fused-ring (bicyclic) bond motifs is 1. The van der Waals surface area contributed by atoms with Crippen LogP contribution in [0, 0.1) is 13.8 Å². The number of rotatable bonds is 4. The molecule has 1 aromatic heterocycles. The van der Waals surface area contributed by atoms with Crippen molar-refractivity contribution < 1.29 is 8.42 Å². The van der Waals surface area contributed by atoms with Crippen LogP contribution in [0.2, 0.25) is 5.02 Å². The summed E-state index contributed by atoms with van der Waals surface area (Å²) in [5, 5.41) is 1.25. The maximum absolute atomic E-state index is 12.8. The largest absolute Gasteiger partial charge is 0.280 e. The molecule has 0 aliphatic rings. The molecule has 0 atom stereocenters. The monoisotopic (exact) mass is 428 g/mol. The highest BCUT2D eigenvalue weighted by Crippen LogP contribution is 2.36. The van der Waals surface area contributed by atoms with E-state index < -0.39 is 10.0 Å². The molecule has 0 saturated carbocycles. The summed E-state index contributed by atoms with van der Waals surface area (Å²) in [7, 11) is -3.70. The first-order valence-corrected chi connectivity index (χ1v) is 11.3. The molecule has 3 aromatic carbocycles. The third kappa shape index (κ3) is 3.63. The minimum atomic E-state index is -3.70. The number of halogens is 1. The van der Waals surface area contributed by atoms with Crippen molar-refractivity contribution in [2.24, 2.45) is 0 Å². The van der Waals surface area contributed by atoms with Gasteiger partial charge in [0.05, 0.1) is 25.8 Å². The van der Waals surface area contributed by atoms with Gasteiger partial charge in [-0.25, -0.2) is 13.4 Å². The fourth-order valence-electron chi connectivity index (χ4n) is 2.95. The van der Waals surface area contributed by atoms with E-state index in [9.17, 15) is 8.42 Å². The molecule has 0 aliphatic heterocycles. The second-order valence-electron chi connectivity index (χ2n) is 6.56. The summed E-state index contributed by atoms with van der Waals surface area (Å²) in [6.07, 6.45) is 0. The molecular weight excluding hydrogens is 412 g/mol. The number of hydrogen-bond donors (Lipinski definition) is 1. The minimum Gasteiger partial charge on any atom is -0.280 e. The van der Waals surface area contributed by atoms with Gasteiger partial charge in [-0.15, -0.1) is 11.3 Å². The zero-order valence-corrected chi connectivity index (χ0v) is 17.6. The average Bonchev–Trinajstić information content (AvgIpc) is 3.07. The molecular formula is C21H17ClN2O2S2. The Balaban J connectivity index is 1.67. The van der Waals surface area contributed by atoms with Crippen molar-refractivity contribution in [1.29, 1.82) is 0 Å². The smallest absolute Gasteiger partial charge is 0.262 e. The highest BCUT2D eigenvalue weighted by atomic mass is 35.5. The van der Waals surface area contributed by atoms with Crippen LogP contribution in [0.15, 0.2) is 65.6 Å². The van der Waals surface area contributed by atoms with E-state index in [-0.39, 0.29) is 4.90 Å². The van der Waals surface area contributed by atoms with Gasteiger partial charge < -0.3 is 0 Å². The van der Waals surface area contributed by atoms with Gasteiger partial charge in [0.15, 0.2) is 0 Å². The lowest BCUT2D eigenvalue weighted by molar-refractivity contribution is 0.600. The lowest BCUT2D eigenvalue weighted by Gasteiger charge is -2.12. The summed E-state index contributed by atoms with van der Waals surface area (Å²) in [6.45, 7) is 3.64. The molecule has 0 bridgehead atoms. The molecule has 0 spiro atoms. The van der Waals surface area contributed by atoms with Crippen molar-refractivity contribution in [1.82, 2.24) is 4.98 Å². The van der Waals surface area contributed by atoms with Crippen LogP contribution in [0.4, 0.5) is 5.69 Å². The number of nitrogens with zero attached hydrogens (tertiary/aromatic N) is 1. The van der Waals surface area contributed by atoms with Crippen molar-refractivity contribution in [2.45, 2.75) is 18.7 Å². The van der Waals surface area contributed by atoms with E-state index in [2.05, 4.69) is 9.71 Å². The Bertz CT molecular complexity index is 1260. The second kappa shape index (κ2) is 7.20. The first-order valence-electron chi connectivity index (χ1n) is 8.59. The average molecular weight is 429 g/mol. The van der Waals surface area contributed by atoms with Crippen LogP contribution in [-0.2, 0) is 10.0 Å². The second-order valence-corrected chi connectivity index (χ2v) is 9.64. The molecule has 0 amide bonds. The highest BCUT2D eigenvalue weighted by molar-refractivity contribution is 7.92. The van der Waals surface area contributed by atoms with Crippen LogP contribution in [0.5, 0.6) is 0 Å². The van der Waals surface area contributed by atoms with Gasteiger partial charge in [0.2, 0.25) is 0 Å². The van der Waals surface area contributed by atoms with Crippen LogP contribution in [-0.4, -0.2) is 13.4 Å². The molecule has 0 radical (unpaired) electrons. The maximum atomic E-state index is 12.8. The number of para-hydroxylation sites is 1. The first-order chi connectivity index (χ1) is 13.3. The Morgan fingerprint density at radius 3 is 2.54 bits per heavy atom. The van der Waals surface area contributed by atoms with Crippen LogP contribution in [0.25, 0.3) is 20.8 Å². The van der Waals surface area contributed by atoms with Crippen molar-refractivity contribution in [3.63, 3.8) is 0 Å². The lowest BCUT2D eigenvalue weighted by atomic mass is 10.2. The van der Waals surface area contributed by atoms with Gasteiger partial charge in [-0.1, -0.05) is 35.9 Å². The summed E-state index contributed by atoms with van der Waals surface area (Å²) in [5.74, 6) is 0. The summed E-state index contributed by atoms with van der Waals surface area (Å²) >= 11 is 8.00. The summed E-state index contributed by atoms with van der Waals surface area (Å²) in [5.41, 5.74) is 3.68. The van der Waals surface area contributed by atoms with Gasteiger partial charge in [0.1, 0.15) is 5.01 Å². The Hall–Kier alpha value is -2.41. The van der Waals surface area contributed by atoms with Crippen LogP contribution < -0.4 is 4.72 Å². The number of sulfonamides is 1. The number of anilines is 1. The Kier molecular flexibility index (Phi) is 4.87. The number of hydrogen-bond acceptors (Lipinski definition) is 4. The molecule has 4 nitrogen and oxygen atoms in total. The molecule has 4 aromatic rings. The number of aromatic nitrogens is 1. The van der Waals surface area contributed by atoms with E-state index >= 15 is 0 Å². The Labute approximate surface area is 172 Å². The van der Waals surface area contributed by atoms with Gasteiger partial charge in [0, 0.05) is 5.56 Å². The third-order valence-electron chi connectivity index (χ3n) is 4.38. The predicted molar refractivity (Wildman–Crippen MR) is 117 cm³/mol. The summed E-state index contributed by atoms with van der Waals surface area (Å²) in [6, 6.07) is 18.3. The normalized spacial score (nSPS) is 11.7. The van der Waals surface area contributed by atoms with Gasteiger partial charge in [-0.2, -0.15) is 0 Å². The van der Waals surface area contributed by atoms with E-state index in [0.29, 0.717) is 16.3 Å². The van der Waals surface area contributed by atoms with Crippen molar-refractivity contribution in [3.8, 4) is 10.6 Å². The summed E-state index contributed by atoms with van der Waals surface area (Å²) < 4.78 is 29.3. The molecule has 0 aliphatic carbocycles. The standard InChI is InChI=1S/C21H17ClN2O2S2/c1-13-7-8-14(2)20(11-13)28(25,26)24-15-9-10-16(17(22)12-15)21-23-18-5-3-4-6-19(18)27-21/h3-12,24H,1-2H3. The van der Waals surface area contributed by atoms with Crippen molar-refractivity contribution >= 4 is 48.9 Å². The highest BCUT2D eigenvalue weighted by Gasteiger charge is 2.18. The topological polar surface area (TPSA) is 59.1 Å². The molecule has 0 fully saturated rings. The quantitative estimate of drug-likeness (QED) is 0.431. The van der Waals surface area contributed by atoms with Gasteiger partial charge in [0.25, 0.3) is 10.0 Å². The number of benzene rings is 3. The van der Waals surface area contributed by atoms with Crippen LogP contribution in [0.3, 0.4) is 0 Å². The van der Waals surface area contributed by atoms with Crippen LogP contribution in [0.1, 0.15) is 11.1 Å². The molecule has 28 heavy (non-hydrogen) atoms. The predicted octanol–water partition coefficient (Wildman–Crippen LogP) is 6.03. The first kappa shape index (κ1) is 18.9. The van der Waals surface area contributed by atoms with E-state index in [1.165, 1.54) is 0 Å². The van der Waals surface area contributed by atoms with E-state index in [1.54, 1.807) is 48.6 Å². The molecule has 7 heteroatoms. The van der Waals surface area contributed by atoms with Crippen molar-refractivity contribution in [3.05, 3.63) is 76.8 Å². The van der Waals surface area contributed by atoms with E-state index in [0.717, 1.165) is 26.4 Å². The van der Waals surface area contributed by atoms with Gasteiger partial charge >= 0.3 is 0 Å². The third-order valence-corrected chi connectivity index (χ3v) is 7.28. The SMILES string of the molecule is Cc1ccc(C)c(S(=O)(=O)Nc2ccc(-c3nc4ccccc4s3)c(Cl)c2)c1. The zero-order chi connectivity index (χ0) is 19.9. The number of nitrogens with one attached hydrogen (secondary N) is 1. The lowest BCUT2D eigenvalue weighted by Crippen LogP contribution is -2.14. The molecule has 1 N–H and O–H groups in total. The summed E-state index contributed by atoms with van der Waals surface area (Å²) in [4.78, 5) is 4.88. The zero-order valence-electron chi connectivity index (χ0n) is 15.2. The van der Waals surface area contributed by atoms with E-state index in [4.69, 9.17) is 11.6 Å².